The molecule has 1 aromatic carbocycles. The van der Waals surface area contributed by atoms with Crippen LogP contribution in [0.25, 0.3) is 0 Å². The highest BCUT2D eigenvalue weighted by atomic mass is 16.6. The Bertz CT molecular complexity index is 504. The van der Waals surface area contributed by atoms with E-state index in [1.165, 1.54) is 18.2 Å². The summed E-state index contributed by atoms with van der Waals surface area (Å²) in [6.45, 7) is 0.353. The minimum absolute atomic E-state index is 0.0375. The molecule has 20 heavy (non-hydrogen) atoms. The Morgan fingerprint density at radius 2 is 2.05 bits per heavy atom. The van der Waals surface area contributed by atoms with Crippen molar-refractivity contribution < 1.29 is 14.8 Å². The Morgan fingerprint density at radius 3 is 2.75 bits per heavy atom. The minimum Gasteiger partial charge on any atom is -0.393 e. The average Bonchev–Trinajstić information content (AvgIpc) is 2.46. The number of amides is 1. The fraction of sp³-hybridized carbons (Fsp3) is 0.500. The molecule has 2 N–H and O–H groups in total. The second kappa shape index (κ2) is 6.47. The number of nitrogens with zero attached hydrogens (tertiary/aromatic N) is 1. The highest BCUT2D eigenvalue weighted by Gasteiger charge is 2.25. The van der Waals surface area contributed by atoms with Crippen molar-refractivity contribution >= 4 is 11.6 Å². The summed E-state index contributed by atoms with van der Waals surface area (Å²) in [6.07, 6.45) is 3.29. The molecule has 0 spiro atoms. The molecule has 2 atom stereocenters. The number of nitrogens with one attached hydrogen (secondary N) is 1. The Balaban J connectivity index is 2.00. The number of carbonyl (C=O) groups excluding carboxylic acids is 1. The summed E-state index contributed by atoms with van der Waals surface area (Å²) in [4.78, 5) is 22.3. The maximum atomic E-state index is 12.0. The van der Waals surface area contributed by atoms with E-state index in [4.69, 9.17) is 0 Å². The molecule has 1 saturated carbocycles. The number of nitro groups is 1. The van der Waals surface area contributed by atoms with Crippen LogP contribution < -0.4 is 5.32 Å². The molecule has 0 saturated heterocycles. The lowest BCUT2D eigenvalue weighted by molar-refractivity contribution is -0.385. The predicted molar refractivity (Wildman–Crippen MR) is 73.4 cm³/mol. The molecule has 1 amide bonds. The van der Waals surface area contributed by atoms with Crippen molar-refractivity contribution in [3.05, 3.63) is 39.9 Å². The fourth-order valence-corrected chi connectivity index (χ4v) is 2.57. The molecule has 1 aliphatic carbocycles. The van der Waals surface area contributed by atoms with Gasteiger partial charge in [-0.05, 0) is 18.9 Å². The number of rotatable bonds is 4. The molecule has 108 valence electrons. The third-order valence-electron chi connectivity index (χ3n) is 3.74. The molecule has 0 aromatic heterocycles. The average molecular weight is 278 g/mol. The van der Waals surface area contributed by atoms with Gasteiger partial charge in [-0.25, -0.2) is 0 Å². The van der Waals surface area contributed by atoms with E-state index in [9.17, 15) is 20.0 Å². The summed E-state index contributed by atoms with van der Waals surface area (Å²) >= 11 is 0. The Hall–Kier alpha value is -1.95. The van der Waals surface area contributed by atoms with E-state index in [1.54, 1.807) is 6.07 Å². The maximum absolute atomic E-state index is 12.0. The minimum atomic E-state index is -0.565. The van der Waals surface area contributed by atoms with E-state index in [-0.39, 0.29) is 17.2 Å². The topological polar surface area (TPSA) is 92.5 Å². The molecule has 6 heteroatoms. The van der Waals surface area contributed by atoms with Gasteiger partial charge in [0.2, 0.25) is 0 Å². The normalized spacial score (nSPS) is 22.2. The number of hydrogen-bond acceptors (Lipinski definition) is 4. The third-order valence-corrected chi connectivity index (χ3v) is 3.74. The molecule has 0 radical (unpaired) electrons. The van der Waals surface area contributed by atoms with Crippen molar-refractivity contribution in [1.29, 1.82) is 0 Å². The molecule has 0 bridgehead atoms. The van der Waals surface area contributed by atoms with Crippen molar-refractivity contribution in [3.63, 3.8) is 0 Å². The van der Waals surface area contributed by atoms with Gasteiger partial charge in [0.15, 0.2) is 0 Å². The van der Waals surface area contributed by atoms with Gasteiger partial charge in [-0.15, -0.1) is 0 Å². The smallest absolute Gasteiger partial charge is 0.282 e. The first kappa shape index (κ1) is 14.5. The molecular weight excluding hydrogens is 260 g/mol. The molecule has 1 fully saturated rings. The van der Waals surface area contributed by atoms with Crippen LogP contribution in [0.2, 0.25) is 0 Å². The van der Waals surface area contributed by atoms with E-state index in [0.717, 1.165) is 25.7 Å². The number of aliphatic hydroxyl groups is 1. The first-order valence-corrected chi connectivity index (χ1v) is 6.79. The number of aliphatic hydroxyl groups excluding tert-OH is 1. The predicted octanol–water partition coefficient (Wildman–Crippen LogP) is 1.88. The molecular formula is C14H18N2O4. The molecule has 0 heterocycles. The van der Waals surface area contributed by atoms with Crippen LogP contribution in [0.1, 0.15) is 36.0 Å². The summed E-state index contributed by atoms with van der Waals surface area (Å²) in [7, 11) is 0. The summed E-state index contributed by atoms with van der Waals surface area (Å²) in [5.41, 5.74) is -0.142. The Kier molecular flexibility index (Phi) is 4.68. The molecule has 6 nitrogen and oxygen atoms in total. The van der Waals surface area contributed by atoms with Gasteiger partial charge in [-0.1, -0.05) is 25.0 Å². The van der Waals surface area contributed by atoms with Crippen LogP contribution in [0.3, 0.4) is 0 Å². The molecule has 1 aromatic rings. The van der Waals surface area contributed by atoms with Crippen LogP contribution in [-0.2, 0) is 0 Å². The van der Waals surface area contributed by atoms with Crippen molar-refractivity contribution in [3.8, 4) is 0 Å². The SMILES string of the molecule is O=C(NCC1CCCCC1O)c1ccccc1[N+](=O)[O-]. The number of para-hydroxylation sites is 1. The van der Waals surface area contributed by atoms with Gasteiger partial charge < -0.3 is 10.4 Å². The molecule has 1 aliphatic rings. The summed E-state index contributed by atoms with van der Waals surface area (Å²) < 4.78 is 0. The summed E-state index contributed by atoms with van der Waals surface area (Å²) in [5, 5.41) is 23.4. The monoisotopic (exact) mass is 278 g/mol. The van der Waals surface area contributed by atoms with Crippen LogP contribution in [0, 0.1) is 16.0 Å². The molecule has 2 unspecified atom stereocenters. The van der Waals surface area contributed by atoms with E-state index < -0.39 is 16.9 Å². The van der Waals surface area contributed by atoms with Crippen LogP contribution >= 0.6 is 0 Å². The third kappa shape index (κ3) is 3.33. The quantitative estimate of drug-likeness (QED) is 0.649. The van der Waals surface area contributed by atoms with Crippen LogP contribution in [-0.4, -0.2) is 28.6 Å². The van der Waals surface area contributed by atoms with Crippen LogP contribution in [0.5, 0.6) is 0 Å². The largest absolute Gasteiger partial charge is 0.393 e. The lowest BCUT2D eigenvalue weighted by Crippen LogP contribution is -2.36. The van der Waals surface area contributed by atoms with Crippen molar-refractivity contribution in [2.45, 2.75) is 31.8 Å². The first-order valence-electron chi connectivity index (χ1n) is 6.79. The second-order valence-electron chi connectivity index (χ2n) is 5.10. The summed E-state index contributed by atoms with van der Waals surface area (Å²) in [6, 6.07) is 5.87. The van der Waals surface area contributed by atoms with Crippen molar-refractivity contribution in [2.24, 2.45) is 5.92 Å². The van der Waals surface area contributed by atoms with E-state index in [0.29, 0.717) is 6.54 Å². The van der Waals surface area contributed by atoms with Gasteiger partial charge in [-0.3, -0.25) is 14.9 Å². The van der Waals surface area contributed by atoms with Crippen LogP contribution in [0.4, 0.5) is 5.69 Å². The number of carbonyl (C=O) groups is 1. The Morgan fingerprint density at radius 1 is 1.35 bits per heavy atom. The lowest BCUT2D eigenvalue weighted by atomic mass is 9.86. The number of benzene rings is 1. The first-order chi connectivity index (χ1) is 9.59. The van der Waals surface area contributed by atoms with Crippen LogP contribution in [0.15, 0.2) is 24.3 Å². The van der Waals surface area contributed by atoms with Gasteiger partial charge in [0.05, 0.1) is 11.0 Å². The zero-order valence-electron chi connectivity index (χ0n) is 11.1. The second-order valence-corrected chi connectivity index (χ2v) is 5.10. The maximum Gasteiger partial charge on any atom is 0.282 e. The van der Waals surface area contributed by atoms with Gasteiger partial charge in [0, 0.05) is 18.5 Å². The highest BCUT2D eigenvalue weighted by molar-refractivity contribution is 5.98. The van der Waals surface area contributed by atoms with Crippen molar-refractivity contribution in [1.82, 2.24) is 5.32 Å². The Labute approximate surface area is 117 Å². The van der Waals surface area contributed by atoms with Gasteiger partial charge in [0.25, 0.3) is 11.6 Å². The fourth-order valence-electron chi connectivity index (χ4n) is 2.57. The molecule has 0 aliphatic heterocycles. The number of hydrogen-bond donors (Lipinski definition) is 2. The van der Waals surface area contributed by atoms with E-state index >= 15 is 0 Å². The van der Waals surface area contributed by atoms with Gasteiger partial charge in [-0.2, -0.15) is 0 Å². The van der Waals surface area contributed by atoms with Crippen molar-refractivity contribution in [2.75, 3.05) is 6.54 Å². The van der Waals surface area contributed by atoms with E-state index in [2.05, 4.69) is 5.32 Å². The number of nitro benzene ring substituents is 1. The highest BCUT2D eigenvalue weighted by Crippen LogP contribution is 2.24. The molecule has 2 rings (SSSR count). The van der Waals surface area contributed by atoms with Gasteiger partial charge in [0.1, 0.15) is 5.56 Å². The lowest BCUT2D eigenvalue weighted by Gasteiger charge is -2.27. The summed E-state index contributed by atoms with van der Waals surface area (Å²) in [5.74, 6) is -0.425. The standard InChI is InChI=1S/C14H18N2O4/c17-13-8-4-1-5-10(13)9-15-14(18)11-6-2-3-7-12(11)16(19)20/h2-3,6-7,10,13,17H,1,4-5,8-9H2,(H,15,18). The van der Waals surface area contributed by atoms with Gasteiger partial charge >= 0.3 is 0 Å². The zero-order valence-corrected chi connectivity index (χ0v) is 11.1. The van der Waals surface area contributed by atoms with E-state index in [1.807, 2.05) is 0 Å². The zero-order chi connectivity index (χ0) is 14.5.